The lowest BCUT2D eigenvalue weighted by molar-refractivity contribution is 0.459. The SMILES string of the molecule is Oc1c2c(c(Br)c3ccccc13)C=CC21C=Cc2c1c(O)c1ccccc1c2Br. The molecule has 0 bridgehead atoms. The third-order valence-corrected chi connectivity index (χ3v) is 7.88. The molecule has 0 saturated carbocycles. The molecule has 0 unspecified atom stereocenters. The van der Waals surface area contributed by atoms with E-state index in [0.29, 0.717) is 0 Å². The Morgan fingerprint density at radius 2 is 0.966 bits per heavy atom. The highest BCUT2D eigenvalue weighted by atomic mass is 79.9. The van der Waals surface area contributed by atoms with Crippen LogP contribution >= 0.6 is 31.9 Å². The average molecular weight is 506 g/mol. The molecule has 2 nitrogen and oxygen atoms in total. The van der Waals surface area contributed by atoms with Gasteiger partial charge in [-0.3, -0.25) is 0 Å². The zero-order valence-corrected chi connectivity index (χ0v) is 18.3. The van der Waals surface area contributed by atoms with Crippen LogP contribution < -0.4 is 0 Å². The fourth-order valence-electron chi connectivity index (χ4n) is 4.89. The molecule has 4 heteroatoms. The fourth-order valence-corrected chi connectivity index (χ4v) is 6.24. The number of aromatic hydroxyl groups is 2. The first-order valence-electron chi connectivity index (χ1n) is 9.30. The maximum atomic E-state index is 11.3. The molecule has 0 heterocycles. The Balaban J connectivity index is 1.77. The van der Waals surface area contributed by atoms with Crippen LogP contribution in [0.2, 0.25) is 0 Å². The molecule has 1 spiro atoms. The molecule has 29 heavy (non-hydrogen) atoms. The number of rotatable bonds is 0. The Bertz CT molecular complexity index is 1340. The zero-order valence-electron chi connectivity index (χ0n) is 15.1. The van der Waals surface area contributed by atoms with Crippen LogP contribution in [0.4, 0.5) is 0 Å². The molecular formula is C25H14Br2O2. The number of phenolic OH excluding ortho intramolecular Hbond substituents is 2. The first kappa shape index (κ1) is 17.3. The van der Waals surface area contributed by atoms with Crippen LogP contribution in [0.5, 0.6) is 11.5 Å². The molecule has 0 saturated heterocycles. The number of fused-ring (bicyclic) bond motifs is 6. The van der Waals surface area contributed by atoms with Crippen molar-refractivity contribution >= 4 is 65.6 Å². The molecule has 4 aromatic rings. The van der Waals surface area contributed by atoms with Crippen LogP contribution in [0, 0.1) is 0 Å². The van der Waals surface area contributed by atoms with Gasteiger partial charge in [0.25, 0.3) is 0 Å². The summed E-state index contributed by atoms with van der Waals surface area (Å²) in [5, 5.41) is 26.2. The van der Waals surface area contributed by atoms with Gasteiger partial charge in [0.1, 0.15) is 11.5 Å². The van der Waals surface area contributed by atoms with Crippen LogP contribution in [-0.4, -0.2) is 10.2 Å². The van der Waals surface area contributed by atoms with E-state index in [1.54, 1.807) is 0 Å². The van der Waals surface area contributed by atoms with Crippen molar-refractivity contribution in [2.45, 2.75) is 5.41 Å². The monoisotopic (exact) mass is 504 g/mol. The van der Waals surface area contributed by atoms with Crippen LogP contribution in [0.3, 0.4) is 0 Å². The van der Waals surface area contributed by atoms with Crippen molar-refractivity contribution in [2.75, 3.05) is 0 Å². The summed E-state index contributed by atoms with van der Waals surface area (Å²) in [6.45, 7) is 0. The van der Waals surface area contributed by atoms with Crippen molar-refractivity contribution in [3.8, 4) is 11.5 Å². The van der Waals surface area contributed by atoms with Crippen molar-refractivity contribution in [1.82, 2.24) is 0 Å². The Morgan fingerprint density at radius 3 is 1.38 bits per heavy atom. The average Bonchev–Trinajstić information content (AvgIpc) is 3.33. The second-order valence-corrected chi connectivity index (χ2v) is 9.12. The van der Waals surface area contributed by atoms with Gasteiger partial charge in [-0.15, -0.1) is 0 Å². The standard InChI is InChI=1S/C25H14Br2O2/c26-21-13-5-1-3-7-15(13)23(28)19-17(21)9-11-25(19)12-10-18-20(25)24(29)16-8-4-2-6-14(16)22(18)27/h1-12,28-29H. The Labute approximate surface area is 184 Å². The minimum atomic E-state index is -0.710. The third kappa shape index (κ3) is 2.01. The smallest absolute Gasteiger partial charge is 0.128 e. The van der Waals surface area contributed by atoms with Crippen LogP contribution in [-0.2, 0) is 5.41 Å². The van der Waals surface area contributed by atoms with E-state index in [4.69, 9.17) is 0 Å². The maximum Gasteiger partial charge on any atom is 0.128 e. The summed E-state index contributed by atoms with van der Waals surface area (Å²) in [5.41, 5.74) is 2.79. The van der Waals surface area contributed by atoms with Gasteiger partial charge in [0.15, 0.2) is 0 Å². The van der Waals surface area contributed by atoms with Gasteiger partial charge in [-0.25, -0.2) is 0 Å². The summed E-state index contributed by atoms with van der Waals surface area (Å²) in [7, 11) is 0. The van der Waals surface area contributed by atoms with Gasteiger partial charge in [-0.05, 0) is 43.0 Å². The molecule has 0 aromatic heterocycles. The van der Waals surface area contributed by atoms with E-state index < -0.39 is 5.41 Å². The number of allylic oxidation sites excluding steroid dienone is 2. The van der Waals surface area contributed by atoms with E-state index in [2.05, 4.69) is 44.0 Å². The Morgan fingerprint density at radius 1 is 0.586 bits per heavy atom. The third-order valence-electron chi connectivity index (χ3n) is 6.18. The van der Waals surface area contributed by atoms with E-state index in [1.807, 2.05) is 60.7 Å². The lowest BCUT2D eigenvalue weighted by Gasteiger charge is -2.28. The van der Waals surface area contributed by atoms with Gasteiger partial charge < -0.3 is 10.2 Å². The normalized spacial score (nSPS) is 15.5. The van der Waals surface area contributed by atoms with Crippen molar-refractivity contribution in [1.29, 1.82) is 0 Å². The predicted molar refractivity (Wildman–Crippen MR) is 125 cm³/mol. The highest BCUT2D eigenvalue weighted by Crippen LogP contribution is 2.59. The molecule has 0 fully saturated rings. The lowest BCUT2D eigenvalue weighted by Crippen LogP contribution is -2.20. The summed E-state index contributed by atoms with van der Waals surface area (Å²) >= 11 is 7.50. The molecule has 140 valence electrons. The van der Waals surface area contributed by atoms with Crippen molar-refractivity contribution in [3.63, 3.8) is 0 Å². The zero-order chi connectivity index (χ0) is 19.9. The van der Waals surface area contributed by atoms with Crippen molar-refractivity contribution in [3.05, 3.63) is 91.9 Å². The predicted octanol–water partition coefficient (Wildman–Crippen LogP) is 7.27. The second kappa shape index (κ2) is 5.74. The maximum absolute atomic E-state index is 11.3. The second-order valence-electron chi connectivity index (χ2n) is 7.53. The highest BCUT2D eigenvalue weighted by Gasteiger charge is 2.45. The first-order valence-corrected chi connectivity index (χ1v) is 10.9. The molecule has 0 aliphatic heterocycles. The minimum Gasteiger partial charge on any atom is -0.507 e. The van der Waals surface area contributed by atoms with E-state index in [1.165, 1.54) is 0 Å². The number of halogens is 2. The Hall–Kier alpha value is -2.56. The van der Waals surface area contributed by atoms with E-state index in [9.17, 15) is 10.2 Å². The van der Waals surface area contributed by atoms with Gasteiger partial charge in [0.2, 0.25) is 0 Å². The molecule has 2 aliphatic carbocycles. The quantitative estimate of drug-likeness (QED) is 0.264. The van der Waals surface area contributed by atoms with Crippen molar-refractivity contribution in [2.24, 2.45) is 0 Å². The summed E-state index contributed by atoms with van der Waals surface area (Å²) in [6.07, 6.45) is 8.22. The largest absolute Gasteiger partial charge is 0.507 e. The molecule has 2 aliphatic rings. The molecule has 6 rings (SSSR count). The van der Waals surface area contributed by atoms with Crippen LogP contribution in [0.25, 0.3) is 33.7 Å². The van der Waals surface area contributed by atoms with E-state index in [0.717, 1.165) is 52.7 Å². The molecular weight excluding hydrogens is 492 g/mol. The van der Waals surface area contributed by atoms with Gasteiger partial charge in [0, 0.05) is 41.6 Å². The number of hydrogen-bond acceptors (Lipinski definition) is 2. The molecule has 4 aromatic carbocycles. The van der Waals surface area contributed by atoms with E-state index in [-0.39, 0.29) is 11.5 Å². The van der Waals surface area contributed by atoms with E-state index >= 15 is 0 Å². The molecule has 2 N–H and O–H groups in total. The van der Waals surface area contributed by atoms with Gasteiger partial charge in [-0.2, -0.15) is 0 Å². The van der Waals surface area contributed by atoms with Crippen LogP contribution in [0.1, 0.15) is 22.3 Å². The fraction of sp³-hybridized carbons (Fsp3) is 0.0400. The van der Waals surface area contributed by atoms with Gasteiger partial charge in [0.05, 0.1) is 5.41 Å². The summed E-state index contributed by atoms with van der Waals surface area (Å²) in [4.78, 5) is 0. The number of hydrogen-bond donors (Lipinski definition) is 2. The van der Waals surface area contributed by atoms with Crippen LogP contribution in [0.15, 0.2) is 69.6 Å². The van der Waals surface area contributed by atoms with Gasteiger partial charge >= 0.3 is 0 Å². The Kier molecular flexibility index (Phi) is 3.43. The first-order chi connectivity index (χ1) is 14.0. The summed E-state index contributed by atoms with van der Waals surface area (Å²) in [6, 6.07) is 15.6. The summed E-state index contributed by atoms with van der Waals surface area (Å²) in [5.74, 6) is 0.509. The topological polar surface area (TPSA) is 40.5 Å². The highest BCUT2D eigenvalue weighted by molar-refractivity contribution is 9.11. The number of benzene rings is 4. The number of phenols is 2. The van der Waals surface area contributed by atoms with Gasteiger partial charge in [-0.1, -0.05) is 72.8 Å². The van der Waals surface area contributed by atoms with Crippen molar-refractivity contribution < 1.29 is 10.2 Å². The minimum absolute atomic E-state index is 0.255. The molecule has 0 radical (unpaired) electrons. The molecule has 0 atom stereocenters. The summed E-state index contributed by atoms with van der Waals surface area (Å²) < 4.78 is 1.91. The lowest BCUT2D eigenvalue weighted by atomic mass is 9.76. The molecule has 0 amide bonds.